The molecule has 0 bridgehead atoms. The van der Waals surface area contributed by atoms with E-state index in [1.807, 2.05) is 6.07 Å². The molecule has 0 aromatic carbocycles. The van der Waals surface area contributed by atoms with Crippen LogP contribution >= 0.6 is 0 Å². The van der Waals surface area contributed by atoms with Gasteiger partial charge in [-0.2, -0.15) is 15.5 Å². The second-order valence-corrected chi connectivity index (χ2v) is 4.44. The third-order valence-electron chi connectivity index (χ3n) is 1.65. The Kier molecular flexibility index (Phi) is 4.40. The first-order chi connectivity index (χ1) is 6.72. The Labute approximate surface area is 90.1 Å². The third kappa shape index (κ3) is 5.78. The lowest BCUT2D eigenvalue weighted by molar-refractivity contribution is -0.141. The van der Waals surface area contributed by atoms with E-state index in [9.17, 15) is 4.79 Å². The largest absolute Gasteiger partial charge is 0.469 e. The summed E-state index contributed by atoms with van der Waals surface area (Å²) in [6, 6.07) is 2.00. The fourth-order valence-corrected chi connectivity index (χ4v) is 0.743. The summed E-state index contributed by atoms with van der Waals surface area (Å²) in [5, 5.41) is 16.6. The van der Waals surface area contributed by atoms with E-state index >= 15 is 0 Å². The number of methoxy groups -OCH3 is 1. The number of esters is 1. The van der Waals surface area contributed by atoms with Gasteiger partial charge in [-0.05, 0) is 27.7 Å². The second kappa shape index (κ2) is 4.87. The molecular formula is C10H17N3O2. The normalized spacial score (nSPS) is 12.5. The summed E-state index contributed by atoms with van der Waals surface area (Å²) in [5.41, 5.74) is -1.49. The van der Waals surface area contributed by atoms with Crippen LogP contribution in [0.1, 0.15) is 34.1 Å². The van der Waals surface area contributed by atoms with E-state index < -0.39 is 11.1 Å². The van der Waals surface area contributed by atoms with Gasteiger partial charge in [-0.15, -0.1) is 0 Å². The highest BCUT2D eigenvalue weighted by atomic mass is 16.5. The van der Waals surface area contributed by atoms with E-state index in [4.69, 9.17) is 5.26 Å². The molecule has 0 fully saturated rings. The monoisotopic (exact) mass is 211 g/mol. The Hall–Kier alpha value is -1.44. The van der Waals surface area contributed by atoms with Crippen LogP contribution in [0.5, 0.6) is 0 Å². The molecule has 0 N–H and O–H groups in total. The topological polar surface area (TPSA) is 74.8 Å². The van der Waals surface area contributed by atoms with Crippen LogP contribution in [0.3, 0.4) is 0 Å². The number of hydrogen-bond donors (Lipinski definition) is 0. The lowest BCUT2D eigenvalue weighted by Crippen LogP contribution is -2.23. The Morgan fingerprint density at radius 2 is 1.87 bits per heavy atom. The first kappa shape index (κ1) is 13.6. The van der Waals surface area contributed by atoms with Crippen molar-refractivity contribution in [2.45, 2.75) is 45.2 Å². The molecule has 0 amide bonds. The number of nitrogens with zero attached hydrogens (tertiary/aromatic N) is 3. The Morgan fingerprint density at radius 1 is 1.33 bits per heavy atom. The second-order valence-electron chi connectivity index (χ2n) is 4.44. The van der Waals surface area contributed by atoms with Crippen LogP contribution < -0.4 is 0 Å². The third-order valence-corrected chi connectivity index (χ3v) is 1.65. The molecule has 0 aromatic rings. The summed E-state index contributed by atoms with van der Waals surface area (Å²) >= 11 is 0. The number of carbonyl (C=O) groups excluding carboxylic acids is 1. The highest BCUT2D eigenvalue weighted by molar-refractivity contribution is 5.70. The highest BCUT2D eigenvalue weighted by Crippen LogP contribution is 2.18. The maximum atomic E-state index is 11.0. The average Bonchev–Trinajstić information content (AvgIpc) is 2.14. The van der Waals surface area contributed by atoms with Gasteiger partial charge in [0.15, 0.2) is 5.54 Å². The first-order valence-electron chi connectivity index (χ1n) is 4.64. The Balaban J connectivity index is 4.52. The molecule has 5 heteroatoms. The van der Waals surface area contributed by atoms with E-state index in [1.165, 1.54) is 7.11 Å². The molecule has 0 saturated heterocycles. The van der Waals surface area contributed by atoms with Crippen molar-refractivity contribution in [1.82, 2.24) is 0 Å². The van der Waals surface area contributed by atoms with Gasteiger partial charge in [0.25, 0.3) is 0 Å². The molecular weight excluding hydrogens is 194 g/mol. The molecule has 0 saturated carbocycles. The number of ether oxygens (including phenoxy) is 1. The fourth-order valence-electron chi connectivity index (χ4n) is 0.743. The predicted octanol–water partition coefficient (Wildman–Crippen LogP) is 2.08. The molecule has 84 valence electrons. The minimum absolute atomic E-state index is 0.147. The van der Waals surface area contributed by atoms with Crippen molar-refractivity contribution in [2.75, 3.05) is 7.11 Å². The van der Waals surface area contributed by atoms with Crippen LogP contribution in [-0.2, 0) is 9.53 Å². The molecule has 0 aliphatic carbocycles. The van der Waals surface area contributed by atoms with E-state index in [2.05, 4.69) is 15.0 Å². The van der Waals surface area contributed by atoms with Gasteiger partial charge in [0.1, 0.15) is 0 Å². The van der Waals surface area contributed by atoms with Gasteiger partial charge in [0.05, 0.1) is 25.1 Å². The van der Waals surface area contributed by atoms with Crippen molar-refractivity contribution in [3.8, 4) is 6.07 Å². The maximum absolute atomic E-state index is 11.0. The van der Waals surface area contributed by atoms with Crippen molar-refractivity contribution in [1.29, 1.82) is 5.26 Å². The van der Waals surface area contributed by atoms with Crippen molar-refractivity contribution in [3.05, 3.63) is 0 Å². The van der Waals surface area contributed by atoms with Gasteiger partial charge in [-0.1, -0.05) is 0 Å². The van der Waals surface area contributed by atoms with Gasteiger partial charge in [0, 0.05) is 0 Å². The maximum Gasteiger partial charge on any atom is 0.308 e. The van der Waals surface area contributed by atoms with Crippen LogP contribution in [0, 0.1) is 11.3 Å². The van der Waals surface area contributed by atoms with Gasteiger partial charge in [-0.25, -0.2) is 0 Å². The van der Waals surface area contributed by atoms with Gasteiger partial charge < -0.3 is 4.74 Å². The minimum Gasteiger partial charge on any atom is -0.469 e. The number of rotatable bonds is 4. The van der Waals surface area contributed by atoms with Crippen molar-refractivity contribution in [2.24, 2.45) is 10.2 Å². The van der Waals surface area contributed by atoms with Gasteiger partial charge in [0.2, 0.25) is 0 Å². The Morgan fingerprint density at radius 3 is 2.27 bits per heavy atom. The van der Waals surface area contributed by atoms with Gasteiger partial charge >= 0.3 is 5.97 Å². The van der Waals surface area contributed by atoms with Crippen molar-refractivity contribution >= 4 is 5.97 Å². The molecule has 0 unspecified atom stereocenters. The van der Waals surface area contributed by atoms with Crippen LogP contribution in [0.2, 0.25) is 0 Å². The van der Waals surface area contributed by atoms with E-state index in [1.54, 1.807) is 27.7 Å². The quantitative estimate of drug-likeness (QED) is 0.527. The summed E-state index contributed by atoms with van der Waals surface area (Å²) in [6.45, 7) is 6.84. The summed E-state index contributed by atoms with van der Waals surface area (Å²) in [6.07, 6.45) is 0.147. The van der Waals surface area contributed by atoms with Crippen LogP contribution in [-0.4, -0.2) is 24.2 Å². The van der Waals surface area contributed by atoms with Crippen LogP contribution in [0.15, 0.2) is 10.2 Å². The zero-order chi connectivity index (χ0) is 12.1. The molecule has 0 spiro atoms. The highest BCUT2D eigenvalue weighted by Gasteiger charge is 2.24. The smallest absolute Gasteiger partial charge is 0.308 e. The predicted molar refractivity (Wildman–Crippen MR) is 55.3 cm³/mol. The molecule has 0 atom stereocenters. The zero-order valence-electron chi connectivity index (χ0n) is 9.87. The SMILES string of the molecule is COC(=O)CC(C)(C)N=NC(C)(C)C#N. The lowest BCUT2D eigenvalue weighted by Gasteiger charge is -2.18. The summed E-state index contributed by atoms with van der Waals surface area (Å²) in [7, 11) is 1.33. The minimum atomic E-state index is -0.854. The number of nitriles is 1. The molecule has 0 radical (unpaired) electrons. The molecule has 0 heterocycles. The molecule has 0 aliphatic rings. The van der Waals surface area contributed by atoms with Crippen molar-refractivity contribution < 1.29 is 9.53 Å². The summed E-state index contributed by atoms with van der Waals surface area (Å²) < 4.78 is 4.54. The molecule has 5 nitrogen and oxygen atoms in total. The molecule has 0 rings (SSSR count). The molecule has 15 heavy (non-hydrogen) atoms. The van der Waals surface area contributed by atoms with Gasteiger partial charge in [-0.3, -0.25) is 4.79 Å². The number of azo groups is 1. The van der Waals surface area contributed by atoms with Crippen LogP contribution in [0.25, 0.3) is 0 Å². The molecule has 0 aromatic heterocycles. The lowest BCUT2D eigenvalue weighted by atomic mass is 10.0. The number of carbonyl (C=O) groups is 1. The van der Waals surface area contributed by atoms with Crippen molar-refractivity contribution in [3.63, 3.8) is 0 Å². The van der Waals surface area contributed by atoms with E-state index in [-0.39, 0.29) is 12.4 Å². The molecule has 0 aliphatic heterocycles. The average molecular weight is 211 g/mol. The van der Waals surface area contributed by atoms with E-state index in [0.29, 0.717) is 0 Å². The summed E-state index contributed by atoms with van der Waals surface area (Å²) in [4.78, 5) is 11.0. The first-order valence-corrected chi connectivity index (χ1v) is 4.64. The van der Waals surface area contributed by atoms with Crippen LogP contribution in [0.4, 0.5) is 0 Å². The number of hydrogen-bond acceptors (Lipinski definition) is 5. The Bertz CT molecular complexity index is 300. The fraction of sp³-hybridized carbons (Fsp3) is 0.800. The van der Waals surface area contributed by atoms with E-state index in [0.717, 1.165) is 0 Å². The summed E-state index contributed by atoms with van der Waals surface area (Å²) in [5.74, 6) is -0.339. The standard InChI is InChI=1S/C10H17N3O2/c1-9(2,6-8(14)15-5)12-13-10(3,4)7-11/h6H2,1-5H3. The zero-order valence-corrected chi connectivity index (χ0v) is 9.87.